The van der Waals surface area contributed by atoms with Crippen LogP contribution in [0, 0.1) is 12.8 Å². The van der Waals surface area contributed by atoms with E-state index >= 15 is 0 Å². The summed E-state index contributed by atoms with van der Waals surface area (Å²) in [6, 6.07) is 14.0. The number of rotatable bonds is 9. The van der Waals surface area contributed by atoms with Crippen LogP contribution in [0.3, 0.4) is 0 Å². The molecule has 1 saturated heterocycles. The molecule has 196 valence electrons. The van der Waals surface area contributed by atoms with Crippen molar-refractivity contribution in [2.45, 2.75) is 38.5 Å². The third-order valence-corrected chi connectivity index (χ3v) is 9.41. The lowest BCUT2D eigenvalue weighted by Gasteiger charge is -2.29. The molecule has 0 spiro atoms. The van der Waals surface area contributed by atoms with Crippen LogP contribution >= 0.6 is 11.3 Å². The first-order valence-corrected chi connectivity index (χ1v) is 14.8. The van der Waals surface area contributed by atoms with E-state index in [1.165, 1.54) is 27.8 Å². The Hall–Kier alpha value is -3.01. The number of hydrogen-bond donors (Lipinski definition) is 1. The molecule has 4 rings (SSSR count). The van der Waals surface area contributed by atoms with Gasteiger partial charge in [-0.2, -0.15) is 4.31 Å². The fraction of sp³-hybridized carbons (Fsp3) is 0.357. The Morgan fingerprint density at radius 2 is 1.81 bits per heavy atom. The molecule has 1 aliphatic heterocycles. The van der Waals surface area contributed by atoms with Gasteiger partial charge in [-0.1, -0.05) is 48.9 Å². The van der Waals surface area contributed by atoms with Crippen molar-refractivity contribution in [1.29, 1.82) is 0 Å². The lowest BCUT2D eigenvalue weighted by atomic mass is 10.0. The highest BCUT2D eigenvalue weighted by Crippen LogP contribution is 2.36. The standard InChI is InChI=1S/C28H32N2O5S2/c1-4-35-28(32)26-24(21-10-8-19(2)9-11-21)18-36-27(26)29-17-25(31)22-6-5-7-23(16-22)37(33,34)30-14-12-20(3)13-15-30/h5-11,16,18,20,29H,4,12-15,17H2,1-3H3. The van der Waals surface area contributed by atoms with E-state index in [1.807, 2.05) is 36.6 Å². The molecule has 2 heterocycles. The molecule has 1 fully saturated rings. The number of piperidine rings is 1. The molecule has 0 unspecified atom stereocenters. The van der Waals surface area contributed by atoms with Gasteiger partial charge in [0.25, 0.3) is 0 Å². The molecule has 0 atom stereocenters. The molecule has 37 heavy (non-hydrogen) atoms. The highest BCUT2D eigenvalue weighted by atomic mass is 32.2. The maximum Gasteiger partial charge on any atom is 0.341 e. The summed E-state index contributed by atoms with van der Waals surface area (Å²) in [6.07, 6.45) is 1.66. The second-order valence-electron chi connectivity index (χ2n) is 9.33. The summed E-state index contributed by atoms with van der Waals surface area (Å²) in [4.78, 5) is 26.0. The predicted octanol–water partition coefficient (Wildman–Crippen LogP) is 5.62. The molecular weight excluding hydrogens is 508 g/mol. The second-order valence-corrected chi connectivity index (χ2v) is 12.1. The topological polar surface area (TPSA) is 92.8 Å². The molecule has 1 N–H and O–H groups in total. The number of carbonyl (C=O) groups is 2. The van der Waals surface area contributed by atoms with Gasteiger partial charge in [-0.25, -0.2) is 13.2 Å². The maximum atomic E-state index is 13.1. The van der Waals surface area contributed by atoms with E-state index in [9.17, 15) is 18.0 Å². The number of esters is 1. The number of nitrogens with one attached hydrogen (secondary N) is 1. The Labute approximate surface area is 222 Å². The van der Waals surface area contributed by atoms with E-state index in [0.29, 0.717) is 35.1 Å². The highest BCUT2D eigenvalue weighted by Gasteiger charge is 2.28. The van der Waals surface area contributed by atoms with Crippen molar-refractivity contribution in [2.24, 2.45) is 5.92 Å². The van der Waals surface area contributed by atoms with Crippen molar-refractivity contribution in [3.8, 4) is 11.1 Å². The normalized spacial score (nSPS) is 14.9. The SMILES string of the molecule is CCOC(=O)c1c(-c2ccc(C)cc2)csc1NCC(=O)c1cccc(S(=O)(=O)N2CCC(C)CC2)c1. The third-order valence-electron chi connectivity index (χ3n) is 6.58. The number of ether oxygens (including phenoxy) is 1. The summed E-state index contributed by atoms with van der Waals surface area (Å²) in [7, 11) is -3.66. The first-order chi connectivity index (χ1) is 17.7. The first kappa shape index (κ1) is 27.0. The van der Waals surface area contributed by atoms with Crippen LogP contribution in [0.1, 0.15) is 53.0 Å². The summed E-state index contributed by atoms with van der Waals surface area (Å²) in [5.41, 5.74) is 3.42. The second kappa shape index (κ2) is 11.6. The summed E-state index contributed by atoms with van der Waals surface area (Å²) in [6.45, 7) is 6.99. The van der Waals surface area contributed by atoms with Gasteiger partial charge in [-0.3, -0.25) is 4.79 Å². The molecule has 2 aromatic carbocycles. The van der Waals surface area contributed by atoms with E-state index in [1.54, 1.807) is 19.1 Å². The molecular formula is C28H32N2O5S2. The van der Waals surface area contributed by atoms with Gasteiger partial charge in [0.2, 0.25) is 10.0 Å². The maximum absolute atomic E-state index is 13.1. The van der Waals surface area contributed by atoms with E-state index < -0.39 is 16.0 Å². The molecule has 0 bridgehead atoms. The van der Waals surface area contributed by atoms with Crippen LogP contribution in [0.4, 0.5) is 5.00 Å². The number of hydrogen-bond acceptors (Lipinski definition) is 7. The van der Waals surface area contributed by atoms with Crippen LogP contribution in [-0.4, -0.2) is 50.7 Å². The Kier molecular flexibility index (Phi) is 8.46. The first-order valence-electron chi connectivity index (χ1n) is 12.4. The summed E-state index contributed by atoms with van der Waals surface area (Å²) in [5.74, 6) is -0.226. The minimum atomic E-state index is -3.66. The molecule has 0 aliphatic carbocycles. The minimum absolute atomic E-state index is 0.0923. The monoisotopic (exact) mass is 540 g/mol. The number of sulfonamides is 1. The van der Waals surface area contributed by atoms with Crippen molar-refractivity contribution in [1.82, 2.24) is 4.31 Å². The average Bonchev–Trinajstić information content (AvgIpc) is 3.32. The van der Waals surface area contributed by atoms with Gasteiger partial charge in [0.1, 0.15) is 10.6 Å². The third kappa shape index (κ3) is 6.11. The number of benzene rings is 2. The van der Waals surface area contributed by atoms with Gasteiger partial charge >= 0.3 is 5.97 Å². The minimum Gasteiger partial charge on any atom is -0.462 e. The van der Waals surface area contributed by atoms with E-state index in [0.717, 1.165) is 29.5 Å². The van der Waals surface area contributed by atoms with Crippen LogP contribution in [0.5, 0.6) is 0 Å². The van der Waals surface area contributed by atoms with Crippen LogP contribution in [-0.2, 0) is 14.8 Å². The van der Waals surface area contributed by atoms with Gasteiger partial charge in [0.05, 0.1) is 18.0 Å². The number of ketones is 1. The summed E-state index contributed by atoms with van der Waals surface area (Å²) in [5, 5.41) is 5.49. The lowest BCUT2D eigenvalue weighted by Crippen LogP contribution is -2.37. The van der Waals surface area contributed by atoms with Gasteiger partial charge in [-0.15, -0.1) is 11.3 Å². The number of nitrogens with zero attached hydrogens (tertiary/aromatic N) is 1. The fourth-order valence-electron chi connectivity index (χ4n) is 4.31. The number of thiophene rings is 1. The molecule has 0 amide bonds. The fourth-order valence-corrected chi connectivity index (χ4v) is 6.78. The number of carbonyl (C=O) groups excluding carboxylic acids is 2. The van der Waals surface area contributed by atoms with Crippen molar-refractivity contribution in [2.75, 3.05) is 31.6 Å². The Morgan fingerprint density at radius 1 is 1.11 bits per heavy atom. The van der Waals surface area contributed by atoms with Crippen molar-refractivity contribution in [3.05, 3.63) is 70.6 Å². The zero-order valence-electron chi connectivity index (χ0n) is 21.3. The predicted molar refractivity (Wildman–Crippen MR) is 147 cm³/mol. The average molecular weight is 541 g/mol. The Bertz CT molecular complexity index is 1370. The molecule has 7 nitrogen and oxygen atoms in total. The zero-order chi connectivity index (χ0) is 26.6. The van der Waals surface area contributed by atoms with Gasteiger partial charge in [-0.05, 0) is 50.3 Å². The Balaban J connectivity index is 1.53. The van der Waals surface area contributed by atoms with Gasteiger partial charge < -0.3 is 10.1 Å². The summed E-state index contributed by atoms with van der Waals surface area (Å²) < 4.78 is 33.1. The molecule has 3 aromatic rings. The quantitative estimate of drug-likeness (QED) is 0.280. The highest BCUT2D eigenvalue weighted by molar-refractivity contribution is 7.89. The largest absolute Gasteiger partial charge is 0.462 e. The molecule has 9 heteroatoms. The number of aryl methyl sites for hydroxylation is 1. The van der Waals surface area contributed by atoms with Crippen LogP contribution in [0.15, 0.2) is 58.8 Å². The molecule has 1 aromatic heterocycles. The Morgan fingerprint density at radius 3 is 2.49 bits per heavy atom. The van der Waals surface area contributed by atoms with Gasteiger partial charge in [0.15, 0.2) is 5.78 Å². The van der Waals surface area contributed by atoms with Crippen LogP contribution < -0.4 is 5.32 Å². The molecule has 1 aliphatic rings. The van der Waals surface area contributed by atoms with Crippen molar-refractivity contribution >= 4 is 38.1 Å². The van der Waals surface area contributed by atoms with E-state index in [-0.39, 0.29) is 23.8 Å². The summed E-state index contributed by atoms with van der Waals surface area (Å²) >= 11 is 1.33. The van der Waals surface area contributed by atoms with Crippen LogP contribution in [0.2, 0.25) is 0 Å². The smallest absolute Gasteiger partial charge is 0.341 e. The molecule has 0 saturated carbocycles. The number of Topliss-reactive ketones (excluding diaryl/α,β-unsaturated/α-hetero) is 1. The van der Waals surface area contributed by atoms with E-state index in [4.69, 9.17) is 4.74 Å². The van der Waals surface area contributed by atoms with E-state index in [2.05, 4.69) is 12.2 Å². The molecule has 0 radical (unpaired) electrons. The van der Waals surface area contributed by atoms with Gasteiger partial charge in [0, 0.05) is 29.6 Å². The van der Waals surface area contributed by atoms with Crippen LogP contribution in [0.25, 0.3) is 11.1 Å². The zero-order valence-corrected chi connectivity index (χ0v) is 23.0. The lowest BCUT2D eigenvalue weighted by molar-refractivity contribution is 0.0528. The van der Waals surface area contributed by atoms with Crippen molar-refractivity contribution in [3.63, 3.8) is 0 Å². The number of anilines is 1. The van der Waals surface area contributed by atoms with Crippen molar-refractivity contribution < 1.29 is 22.7 Å².